The van der Waals surface area contributed by atoms with E-state index in [-0.39, 0.29) is 10.9 Å². The SMILES string of the molecule is COC(=O)C(C1=C[C@H](C(=O)OC)[C@H](c2ccc(Cl)cc2)[C@H]1[N+](=O)[O-])=P(c1ccccc1)(c1ccccc1)c1ccccc1. The van der Waals surface area contributed by atoms with E-state index in [2.05, 4.69) is 0 Å². The van der Waals surface area contributed by atoms with E-state index in [0.717, 1.165) is 15.9 Å². The molecule has 0 fully saturated rings. The van der Waals surface area contributed by atoms with Crippen molar-refractivity contribution in [1.82, 2.24) is 0 Å². The van der Waals surface area contributed by atoms with Crippen molar-refractivity contribution < 1.29 is 24.0 Å². The van der Waals surface area contributed by atoms with Crippen molar-refractivity contribution in [3.8, 4) is 0 Å². The molecule has 0 amide bonds. The van der Waals surface area contributed by atoms with Crippen LogP contribution in [0, 0.1) is 16.0 Å². The van der Waals surface area contributed by atoms with Gasteiger partial charge in [0.1, 0.15) is 0 Å². The van der Waals surface area contributed by atoms with Crippen LogP contribution in [-0.2, 0) is 19.1 Å². The maximum absolute atomic E-state index is 14.2. The van der Waals surface area contributed by atoms with Crippen LogP contribution in [0.3, 0.4) is 0 Å². The number of halogens is 1. The van der Waals surface area contributed by atoms with E-state index in [1.165, 1.54) is 20.3 Å². The first-order valence-electron chi connectivity index (χ1n) is 13.5. The lowest BCUT2D eigenvalue weighted by atomic mass is 9.84. The van der Waals surface area contributed by atoms with Gasteiger partial charge in [0.2, 0.25) is 6.04 Å². The first kappa shape index (κ1) is 30.0. The van der Waals surface area contributed by atoms with Gasteiger partial charge in [-0.2, -0.15) is 0 Å². The second-order valence-electron chi connectivity index (χ2n) is 10.00. The molecular weight excluding hydrogens is 585 g/mol. The number of methoxy groups -OCH3 is 2. The first-order valence-corrected chi connectivity index (χ1v) is 15.7. The van der Waals surface area contributed by atoms with Crippen LogP contribution in [0.2, 0.25) is 5.02 Å². The normalized spacial score (nSPS) is 17.9. The first-order chi connectivity index (χ1) is 20.8. The second-order valence-corrected chi connectivity index (χ2v) is 13.8. The van der Waals surface area contributed by atoms with Crippen LogP contribution in [-0.4, -0.2) is 42.4 Å². The minimum absolute atomic E-state index is 0.136. The summed E-state index contributed by atoms with van der Waals surface area (Å²) >= 11 is 6.15. The Labute approximate surface area is 254 Å². The van der Waals surface area contributed by atoms with Gasteiger partial charge in [-0.15, -0.1) is 0 Å². The lowest BCUT2D eigenvalue weighted by Crippen LogP contribution is -2.39. The molecule has 5 rings (SSSR count). The summed E-state index contributed by atoms with van der Waals surface area (Å²) in [6, 6.07) is 33.6. The molecule has 3 atom stereocenters. The number of nitro groups is 1. The summed E-state index contributed by atoms with van der Waals surface area (Å²) in [6.45, 7) is -3.16. The Hall–Kier alpha value is -4.45. The summed E-state index contributed by atoms with van der Waals surface area (Å²) < 4.78 is 10.6. The Morgan fingerprint density at radius 2 is 1.21 bits per heavy atom. The Bertz CT molecular complexity index is 1620. The summed E-state index contributed by atoms with van der Waals surface area (Å²) in [7, 11) is 2.51. The van der Waals surface area contributed by atoms with Gasteiger partial charge in [-0.05, 0) is 40.5 Å². The van der Waals surface area contributed by atoms with Crippen LogP contribution in [0.4, 0.5) is 0 Å². The average molecular weight is 614 g/mol. The number of nitrogens with zero attached hydrogens (tertiary/aromatic N) is 1. The lowest BCUT2D eigenvalue weighted by Gasteiger charge is -2.33. The molecule has 0 aliphatic heterocycles. The predicted octanol–water partition coefficient (Wildman–Crippen LogP) is 5.14. The molecule has 0 saturated heterocycles. The highest BCUT2D eigenvalue weighted by atomic mass is 35.5. The second kappa shape index (κ2) is 12.8. The predicted molar refractivity (Wildman–Crippen MR) is 171 cm³/mol. The van der Waals surface area contributed by atoms with Crippen LogP contribution in [0.15, 0.2) is 127 Å². The van der Waals surface area contributed by atoms with Gasteiger partial charge in [0, 0.05) is 15.5 Å². The Morgan fingerprint density at radius 1 is 0.744 bits per heavy atom. The fourth-order valence-corrected chi connectivity index (χ4v) is 10.6. The zero-order valence-corrected chi connectivity index (χ0v) is 25.2. The van der Waals surface area contributed by atoms with Crippen molar-refractivity contribution in [3.05, 3.63) is 148 Å². The molecular formula is C34H29ClNO6P. The van der Waals surface area contributed by atoms with Crippen molar-refractivity contribution in [1.29, 1.82) is 0 Å². The third-order valence-electron chi connectivity index (χ3n) is 7.78. The lowest BCUT2D eigenvalue weighted by molar-refractivity contribution is -0.514. The zero-order chi connectivity index (χ0) is 30.6. The van der Waals surface area contributed by atoms with Gasteiger partial charge in [-0.1, -0.05) is 121 Å². The molecule has 4 aromatic rings. The van der Waals surface area contributed by atoms with Crippen molar-refractivity contribution in [2.45, 2.75) is 12.0 Å². The van der Waals surface area contributed by atoms with Gasteiger partial charge in [-0.3, -0.25) is 14.9 Å². The molecule has 0 unspecified atom stereocenters. The molecule has 1 aliphatic rings. The van der Waals surface area contributed by atoms with Gasteiger partial charge in [0.05, 0.1) is 31.3 Å². The number of esters is 2. The molecule has 1 aliphatic carbocycles. The fourth-order valence-electron chi connectivity index (χ4n) is 6.01. The van der Waals surface area contributed by atoms with E-state index in [4.69, 9.17) is 21.1 Å². The number of carbonyl (C=O) groups excluding carboxylic acids is 2. The molecule has 0 aromatic heterocycles. The third-order valence-corrected chi connectivity index (χ3v) is 12.4. The van der Waals surface area contributed by atoms with Crippen molar-refractivity contribution in [2.75, 3.05) is 14.2 Å². The highest BCUT2D eigenvalue weighted by Crippen LogP contribution is 2.52. The fraction of sp³-hybridized carbons (Fsp3) is 0.147. The number of hydrogen-bond donors (Lipinski definition) is 0. The van der Waals surface area contributed by atoms with Crippen LogP contribution in [0.25, 0.3) is 0 Å². The standard InChI is InChI=1S/C34H29ClNO6P/c1-41-33(37)28-22-29(31(36(39)40)30(28)23-18-20-24(35)21-19-23)32(34(38)42-2)43(25-12-6-3-7-13-25,26-14-8-4-9-15-26)27-16-10-5-11-17-27/h3-22,28,30-31H,1-2H3/t28-,30-,31-/m0/s1. The summed E-state index contributed by atoms with van der Waals surface area (Å²) in [4.78, 5) is 40.2. The largest absolute Gasteiger partial charge is 0.469 e. The van der Waals surface area contributed by atoms with Gasteiger partial charge in [-0.25, -0.2) is 4.79 Å². The molecule has 9 heteroatoms. The van der Waals surface area contributed by atoms with Crippen LogP contribution < -0.4 is 15.9 Å². The van der Waals surface area contributed by atoms with Gasteiger partial charge in [0.25, 0.3) is 0 Å². The minimum Gasteiger partial charge on any atom is -0.469 e. The molecule has 0 saturated carbocycles. The van der Waals surface area contributed by atoms with Gasteiger partial charge < -0.3 is 9.47 Å². The highest BCUT2D eigenvalue weighted by Gasteiger charge is 2.53. The number of benzene rings is 4. The van der Waals surface area contributed by atoms with Crippen LogP contribution >= 0.6 is 18.5 Å². The quantitative estimate of drug-likeness (QED) is 0.118. The molecule has 43 heavy (non-hydrogen) atoms. The molecule has 0 spiro atoms. The Balaban J connectivity index is 1.99. The van der Waals surface area contributed by atoms with E-state index >= 15 is 0 Å². The molecule has 218 valence electrons. The maximum atomic E-state index is 14.2. The molecule has 0 N–H and O–H groups in total. The Kier molecular flexibility index (Phi) is 8.95. The smallest absolute Gasteiger partial charge is 0.339 e. The van der Waals surface area contributed by atoms with E-state index in [0.29, 0.717) is 10.6 Å². The summed E-state index contributed by atoms with van der Waals surface area (Å²) in [6.07, 6.45) is 1.54. The molecule has 7 nitrogen and oxygen atoms in total. The average Bonchev–Trinajstić information content (AvgIpc) is 3.45. The van der Waals surface area contributed by atoms with Crippen molar-refractivity contribution in [3.63, 3.8) is 0 Å². The summed E-state index contributed by atoms with van der Waals surface area (Å²) in [5.74, 6) is -3.35. The number of carbonyl (C=O) groups is 2. The van der Waals surface area contributed by atoms with E-state index in [9.17, 15) is 19.7 Å². The number of rotatable bonds is 8. The van der Waals surface area contributed by atoms with Gasteiger partial charge >= 0.3 is 11.9 Å². The number of hydrogen-bond acceptors (Lipinski definition) is 6. The molecule has 0 radical (unpaired) electrons. The highest BCUT2D eigenvalue weighted by molar-refractivity contribution is 7.96. The monoisotopic (exact) mass is 613 g/mol. The molecule has 0 heterocycles. The van der Waals surface area contributed by atoms with E-state index in [1.54, 1.807) is 24.3 Å². The molecule has 4 aromatic carbocycles. The maximum Gasteiger partial charge on any atom is 0.339 e. The van der Waals surface area contributed by atoms with Crippen LogP contribution in [0.5, 0.6) is 0 Å². The topological polar surface area (TPSA) is 95.7 Å². The van der Waals surface area contributed by atoms with Crippen molar-refractivity contribution >= 4 is 51.6 Å². The number of ether oxygens (including phenoxy) is 2. The van der Waals surface area contributed by atoms with Gasteiger partial charge in [0.15, 0.2) is 0 Å². The van der Waals surface area contributed by atoms with Crippen LogP contribution in [0.1, 0.15) is 11.5 Å². The Morgan fingerprint density at radius 3 is 1.60 bits per heavy atom. The van der Waals surface area contributed by atoms with E-state index < -0.39 is 41.6 Å². The summed E-state index contributed by atoms with van der Waals surface area (Å²) in [5.41, 5.74) is 0.664. The van der Waals surface area contributed by atoms with E-state index in [1.807, 2.05) is 91.0 Å². The minimum atomic E-state index is -3.16. The van der Waals surface area contributed by atoms with Crippen molar-refractivity contribution in [2.24, 2.45) is 5.92 Å². The zero-order valence-electron chi connectivity index (χ0n) is 23.5. The summed E-state index contributed by atoms with van der Waals surface area (Å²) in [5, 5.41) is 16.1. The molecule has 0 bridgehead atoms. The third kappa shape index (κ3) is 5.42.